The van der Waals surface area contributed by atoms with Crippen molar-refractivity contribution in [2.45, 2.75) is 26.3 Å². The first kappa shape index (κ1) is 18.4. The smallest absolute Gasteiger partial charge is 0.227 e. The van der Waals surface area contributed by atoms with E-state index in [-0.39, 0.29) is 5.82 Å². The normalized spacial score (nSPS) is 14.9. The Hall–Kier alpha value is -2.95. The van der Waals surface area contributed by atoms with E-state index in [9.17, 15) is 4.39 Å². The quantitative estimate of drug-likeness (QED) is 0.670. The molecule has 0 unspecified atom stereocenters. The van der Waals surface area contributed by atoms with Crippen LogP contribution in [-0.2, 0) is 6.54 Å². The Morgan fingerprint density at radius 1 is 1.00 bits per heavy atom. The van der Waals surface area contributed by atoms with Crippen molar-refractivity contribution in [2.24, 2.45) is 5.92 Å². The molecule has 1 saturated heterocycles. The highest BCUT2D eigenvalue weighted by atomic mass is 19.1. The van der Waals surface area contributed by atoms with Gasteiger partial charge in [-0.3, -0.25) is 0 Å². The second-order valence-electron chi connectivity index (χ2n) is 7.42. The maximum atomic E-state index is 14.0. The highest BCUT2D eigenvalue weighted by molar-refractivity contribution is 5.64. The van der Waals surface area contributed by atoms with Gasteiger partial charge in [0.1, 0.15) is 11.6 Å². The molecule has 1 aliphatic heterocycles. The summed E-state index contributed by atoms with van der Waals surface area (Å²) in [5.74, 6) is 1.99. The third-order valence-corrected chi connectivity index (χ3v) is 5.27. The molecule has 4 nitrogen and oxygen atoms in total. The number of hydrogen-bond donors (Lipinski definition) is 1. The van der Waals surface area contributed by atoms with Gasteiger partial charge in [-0.25, -0.2) is 9.37 Å². The van der Waals surface area contributed by atoms with Gasteiger partial charge in [-0.05, 0) is 24.8 Å². The standard InChI is InChI=1S/C23H25FN4/c1-17-11-13-28(14-12-17)23-26-21(18-7-3-2-4-8-18)15-22(27-23)25-16-19-9-5-6-10-20(19)24/h2-10,15,17H,11-14,16H2,1H3,(H,25,26,27). The van der Waals surface area contributed by atoms with E-state index in [4.69, 9.17) is 9.97 Å². The number of benzene rings is 2. The van der Waals surface area contributed by atoms with E-state index in [2.05, 4.69) is 17.1 Å². The zero-order chi connectivity index (χ0) is 19.3. The van der Waals surface area contributed by atoms with Gasteiger partial charge in [-0.2, -0.15) is 4.98 Å². The predicted molar refractivity (Wildman–Crippen MR) is 112 cm³/mol. The Labute approximate surface area is 165 Å². The summed E-state index contributed by atoms with van der Waals surface area (Å²) in [5.41, 5.74) is 2.54. The van der Waals surface area contributed by atoms with E-state index >= 15 is 0 Å². The predicted octanol–water partition coefficient (Wildman–Crippen LogP) is 5.13. The molecule has 28 heavy (non-hydrogen) atoms. The third-order valence-electron chi connectivity index (χ3n) is 5.27. The van der Waals surface area contributed by atoms with Crippen LogP contribution in [0.1, 0.15) is 25.3 Å². The van der Waals surface area contributed by atoms with Gasteiger partial charge in [0.15, 0.2) is 0 Å². The molecule has 0 bridgehead atoms. The third kappa shape index (κ3) is 4.30. The summed E-state index contributed by atoms with van der Waals surface area (Å²) in [6, 6.07) is 18.8. The minimum Gasteiger partial charge on any atom is -0.366 e. The number of nitrogens with zero attached hydrogens (tertiary/aromatic N) is 3. The first-order valence-corrected chi connectivity index (χ1v) is 9.86. The molecule has 144 valence electrons. The maximum absolute atomic E-state index is 14.0. The first-order valence-electron chi connectivity index (χ1n) is 9.86. The minimum absolute atomic E-state index is 0.211. The second-order valence-corrected chi connectivity index (χ2v) is 7.42. The number of piperidine rings is 1. The van der Waals surface area contributed by atoms with Gasteiger partial charge in [0.25, 0.3) is 0 Å². The number of aromatic nitrogens is 2. The number of rotatable bonds is 5. The summed E-state index contributed by atoms with van der Waals surface area (Å²) in [6.07, 6.45) is 2.30. The summed E-state index contributed by atoms with van der Waals surface area (Å²) in [7, 11) is 0. The van der Waals surface area contributed by atoms with E-state index in [0.717, 1.165) is 49.1 Å². The molecule has 0 aliphatic carbocycles. The van der Waals surface area contributed by atoms with Crippen molar-refractivity contribution in [3.63, 3.8) is 0 Å². The maximum Gasteiger partial charge on any atom is 0.227 e. The van der Waals surface area contributed by atoms with Crippen molar-refractivity contribution in [2.75, 3.05) is 23.3 Å². The molecule has 1 N–H and O–H groups in total. The van der Waals surface area contributed by atoms with Gasteiger partial charge < -0.3 is 10.2 Å². The molecule has 2 aromatic carbocycles. The van der Waals surface area contributed by atoms with Crippen LogP contribution in [0.15, 0.2) is 60.7 Å². The molecule has 1 fully saturated rings. The molecule has 0 radical (unpaired) electrons. The lowest BCUT2D eigenvalue weighted by atomic mass is 10.00. The molecular formula is C23H25FN4. The molecular weight excluding hydrogens is 351 g/mol. The van der Waals surface area contributed by atoms with Crippen molar-refractivity contribution in [1.29, 1.82) is 0 Å². The van der Waals surface area contributed by atoms with Crippen molar-refractivity contribution in [1.82, 2.24) is 9.97 Å². The van der Waals surface area contributed by atoms with Crippen molar-refractivity contribution in [3.8, 4) is 11.3 Å². The fourth-order valence-electron chi connectivity index (χ4n) is 3.46. The molecule has 5 heteroatoms. The van der Waals surface area contributed by atoms with Crippen molar-refractivity contribution in [3.05, 3.63) is 72.0 Å². The first-order chi connectivity index (χ1) is 13.7. The molecule has 0 saturated carbocycles. The van der Waals surface area contributed by atoms with Gasteiger partial charge in [0.2, 0.25) is 5.95 Å². The molecule has 3 aromatic rings. The van der Waals surface area contributed by atoms with Crippen LogP contribution >= 0.6 is 0 Å². The van der Waals surface area contributed by atoms with Gasteiger partial charge in [0, 0.05) is 36.8 Å². The van der Waals surface area contributed by atoms with E-state index in [0.29, 0.717) is 17.9 Å². The fourth-order valence-corrected chi connectivity index (χ4v) is 3.46. The highest BCUT2D eigenvalue weighted by Crippen LogP contribution is 2.26. The molecule has 1 aliphatic rings. The lowest BCUT2D eigenvalue weighted by Gasteiger charge is -2.30. The molecule has 2 heterocycles. The number of nitrogens with one attached hydrogen (secondary N) is 1. The van der Waals surface area contributed by atoms with Crippen LogP contribution in [0.2, 0.25) is 0 Å². The number of halogens is 1. The average molecular weight is 376 g/mol. The van der Waals surface area contributed by atoms with Crippen LogP contribution in [0.4, 0.5) is 16.2 Å². The summed E-state index contributed by atoms with van der Waals surface area (Å²) in [4.78, 5) is 11.8. The van der Waals surface area contributed by atoms with Crippen LogP contribution in [0.5, 0.6) is 0 Å². The fraction of sp³-hybridized carbons (Fsp3) is 0.304. The monoisotopic (exact) mass is 376 g/mol. The Kier molecular flexibility index (Phi) is 5.51. The van der Waals surface area contributed by atoms with Crippen molar-refractivity contribution < 1.29 is 4.39 Å². The lowest BCUT2D eigenvalue weighted by Crippen LogP contribution is -2.34. The Balaban J connectivity index is 1.63. The number of anilines is 2. The molecule has 0 amide bonds. The molecule has 0 atom stereocenters. The zero-order valence-corrected chi connectivity index (χ0v) is 16.1. The Morgan fingerprint density at radius 2 is 1.71 bits per heavy atom. The van der Waals surface area contributed by atoms with Crippen LogP contribution in [0, 0.1) is 11.7 Å². The zero-order valence-electron chi connectivity index (χ0n) is 16.1. The SMILES string of the molecule is CC1CCN(c2nc(NCc3ccccc3F)cc(-c3ccccc3)n2)CC1. The molecule has 1 aromatic heterocycles. The summed E-state index contributed by atoms with van der Waals surface area (Å²) < 4.78 is 14.0. The Bertz CT molecular complexity index is 921. The molecule has 4 rings (SSSR count). The minimum atomic E-state index is -0.211. The topological polar surface area (TPSA) is 41.1 Å². The van der Waals surface area contributed by atoms with Crippen LogP contribution < -0.4 is 10.2 Å². The van der Waals surface area contributed by atoms with Gasteiger partial charge in [-0.1, -0.05) is 55.5 Å². The van der Waals surface area contributed by atoms with Crippen LogP contribution in [0.25, 0.3) is 11.3 Å². The number of hydrogen-bond acceptors (Lipinski definition) is 4. The van der Waals surface area contributed by atoms with Gasteiger partial charge >= 0.3 is 0 Å². The van der Waals surface area contributed by atoms with Crippen LogP contribution in [-0.4, -0.2) is 23.1 Å². The second kappa shape index (κ2) is 8.38. The van der Waals surface area contributed by atoms with E-state index in [1.54, 1.807) is 12.1 Å². The van der Waals surface area contributed by atoms with Gasteiger partial charge in [0.05, 0.1) is 5.69 Å². The van der Waals surface area contributed by atoms with Crippen LogP contribution in [0.3, 0.4) is 0 Å². The van der Waals surface area contributed by atoms with Crippen molar-refractivity contribution >= 4 is 11.8 Å². The van der Waals surface area contributed by atoms with E-state index in [1.165, 1.54) is 6.07 Å². The summed E-state index contributed by atoms with van der Waals surface area (Å²) in [5, 5.41) is 3.28. The van der Waals surface area contributed by atoms with E-state index < -0.39 is 0 Å². The largest absolute Gasteiger partial charge is 0.366 e. The summed E-state index contributed by atoms with van der Waals surface area (Å²) >= 11 is 0. The average Bonchev–Trinajstić information content (AvgIpc) is 2.74. The Morgan fingerprint density at radius 3 is 2.46 bits per heavy atom. The molecule has 0 spiro atoms. The highest BCUT2D eigenvalue weighted by Gasteiger charge is 2.19. The summed E-state index contributed by atoms with van der Waals surface area (Å²) in [6.45, 7) is 4.60. The lowest BCUT2D eigenvalue weighted by molar-refractivity contribution is 0.434. The van der Waals surface area contributed by atoms with Gasteiger partial charge in [-0.15, -0.1) is 0 Å². The van der Waals surface area contributed by atoms with E-state index in [1.807, 2.05) is 42.5 Å².